The first kappa shape index (κ1) is 13.9. The maximum absolute atomic E-state index is 6.06. The lowest BCUT2D eigenvalue weighted by molar-refractivity contribution is 0.304. The Kier molecular flexibility index (Phi) is 4.33. The first-order chi connectivity index (χ1) is 8.53. The molecule has 2 rings (SSSR count). The van der Waals surface area contributed by atoms with E-state index in [1.54, 1.807) is 7.11 Å². The Labute approximate surface area is 118 Å². The van der Waals surface area contributed by atoms with Crippen molar-refractivity contribution < 1.29 is 4.74 Å². The maximum atomic E-state index is 6.06. The van der Waals surface area contributed by atoms with E-state index in [4.69, 9.17) is 16.3 Å². The molecule has 18 heavy (non-hydrogen) atoms. The molecule has 1 aliphatic heterocycles. The smallest absolute Gasteiger partial charge is 0.142 e. The lowest BCUT2D eigenvalue weighted by Crippen LogP contribution is -2.41. The van der Waals surface area contributed by atoms with Crippen molar-refractivity contribution in [1.29, 1.82) is 0 Å². The van der Waals surface area contributed by atoms with Crippen LogP contribution in [0.4, 0.5) is 5.69 Å². The molecule has 0 saturated carbocycles. The van der Waals surface area contributed by atoms with Crippen LogP contribution in [0.3, 0.4) is 0 Å². The molecule has 0 radical (unpaired) electrons. The largest absolute Gasteiger partial charge is 0.495 e. The van der Waals surface area contributed by atoms with Gasteiger partial charge in [0.25, 0.3) is 0 Å². The molecule has 0 aliphatic carbocycles. The minimum Gasteiger partial charge on any atom is -0.495 e. The van der Waals surface area contributed by atoms with E-state index in [0.717, 1.165) is 22.2 Å². The van der Waals surface area contributed by atoms with Gasteiger partial charge in [-0.1, -0.05) is 25.4 Å². The molecule has 1 atom stereocenters. The summed E-state index contributed by atoms with van der Waals surface area (Å²) in [4.78, 5) is 0. The minimum absolute atomic E-state index is 0.304. The van der Waals surface area contributed by atoms with Crippen molar-refractivity contribution in [2.75, 3.05) is 23.9 Å². The molecular weight excluding hydrogens is 266 g/mol. The van der Waals surface area contributed by atoms with Crippen LogP contribution in [0, 0.1) is 5.41 Å². The van der Waals surface area contributed by atoms with Gasteiger partial charge in [0.2, 0.25) is 0 Å². The summed E-state index contributed by atoms with van der Waals surface area (Å²) < 4.78 is 5.38. The monoisotopic (exact) mass is 285 g/mol. The molecule has 0 spiro atoms. The van der Waals surface area contributed by atoms with E-state index in [-0.39, 0.29) is 0 Å². The van der Waals surface area contributed by atoms with Gasteiger partial charge in [-0.3, -0.25) is 0 Å². The zero-order chi connectivity index (χ0) is 13.2. The van der Waals surface area contributed by atoms with Crippen LogP contribution in [-0.4, -0.2) is 24.7 Å². The Morgan fingerprint density at radius 3 is 2.89 bits per heavy atom. The normalized spacial score (nSPS) is 22.6. The van der Waals surface area contributed by atoms with Crippen molar-refractivity contribution in [2.24, 2.45) is 5.41 Å². The summed E-state index contributed by atoms with van der Waals surface area (Å²) in [6.45, 7) is 4.64. The van der Waals surface area contributed by atoms with E-state index in [2.05, 4.69) is 19.2 Å². The molecule has 2 nitrogen and oxygen atoms in total. The molecule has 1 N–H and O–H groups in total. The summed E-state index contributed by atoms with van der Waals surface area (Å²) in [5.41, 5.74) is 1.30. The molecule has 1 aliphatic rings. The molecule has 0 amide bonds. The molecular formula is C14H20ClNOS. The molecule has 1 fully saturated rings. The fourth-order valence-electron chi connectivity index (χ4n) is 2.15. The van der Waals surface area contributed by atoms with Crippen LogP contribution in [0.1, 0.15) is 20.3 Å². The summed E-state index contributed by atoms with van der Waals surface area (Å²) in [6.07, 6.45) is 1.23. The second kappa shape index (κ2) is 5.62. The van der Waals surface area contributed by atoms with Crippen LogP contribution >= 0.6 is 23.4 Å². The average Bonchev–Trinajstić information content (AvgIpc) is 2.32. The molecule has 1 heterocycles. The molecule has 1 saturated heterocycles. The standard InChI is InChI=1S/C14H20ClNOS/c1-14(2)6-7-18-9-13(14)16-11-8-10(15)4-5-12(11)17-3/h4-5,8,13,16H,6-7,9H2,1-3H3. The maximum Gasteiger partial charge on any atom is 0.142 e. The van der Waals surface area contributed by atoms with E-state index in [1.165, 1.54) is 12.2 Å². The highest BCUT2D eigenvalue weighted by Gasteiger charge is 2.32. The number of nitrogens with one attached hydrogen (secondary N) is 1. The van der Waals surface area contributed by atoms with Gasteiger partial charge in [-0.05, 0) is 35.8 Å². The summed E-state index contributed by atoms with van der Waals surface area (Å²) in [5, 5.41) is 4.34. The highest BCUT2D eigenvalue weighted by Crippen LogP contribution is 2.38. The molecule has 0 bridgehead atoms. The van der Waals surface area contributed by atoms with Gasteiger partial charge in [0.05, 0.1) is 12.8 Å². The predicted octanol–water partition coefficient (Wildman–Crippen LogP) is 4.29. The zero-order valence-corrected chi connectivity index (χ0v) is 12.7. The van der Waals surface area contributed by atoms with Crippen molar-refractivity contribution in [3.05, 3.63) is 23.2 Å². The predicted molar refractivity (Wildman–Crippen MR) is 81.1 cm³/mol. The first-order valence-corrected chi connectivity index (χ1v) is 7.74. The zero-order valence-electron chi connectivity index (χ0n) is 11.1. The average molecular weight is 286 g/mol. The van der Waals surface area contributed by atoms with Gasteiger partial charge >= 0.3 is 0 Å². The number of benzene rings is 1. The highest BCUT2D eigenvalue weighted by atomic mass is 35.5. The minimum atomic E-state index is 0.304. The van der Waals surface area contributed by atoms with E-state index in [0.29, 0.717) is 11.5 Å². The lowest BCUT2D eigenvalue weighted by Gasteiger charge is -2.39. The van der Waals surface area contributed by atoms with Gasteiger partial charge in [-0.15, -0.1) is 0 Å². The number of halogens is 1. The van der Waals surface area contributed by atoms with E-state index in [1.807, 2.05) is 30.0 Å². The van der Waals surface area contributed by atoms with Crippen LogP contribution in [0.5, 0.6) is 5.75 Å². The number of methoxy groups -OCH3 is 1. The molecule has 0 aromatic heterocycles. The van der Waals surface area contributed by atoms with Gasteiger partial charge in [-0.25, -0.2) is 0 Å². The molecule has 4 heteroatoms. The van der Waals surface area contributed by atoms with Crippen molar-refractivity contribution in [2.45, 2.75) is 26.3 Å². The highest BCUT2D eigenvalue weighted by molar-refractivity contribution is 7.99. The van der Waals surface area contributed by atoms with E-state index < -0.39 is 0 Å². The van der Waals surface area contributed by atoms with Crippen LogP contribution in [-0.2, 0) is 0 Å². The second-order valence-electron chi connectivity index (χ2n) is 5.36. The summed E-state index contributed by atoms with van der Waals surface area (Å²) in [6, 6.07) is 6.15. The fraction of sp³-hybridized carbons (Fsp3) is 0.571. The number of anilines is 1. The Balaban J connectivity index is 2.19. The number of hydrogen-bond acceptors (Lipinski definition) is 3. The van der Waals surface area contributed by atoms with E-state index in [9.17, 15) is 0 Å². The third kappa shape index (κ3) is 3.07. The van der Waals surface area contributed by atoms with Gasteiger partial charge in [0, 0.05) is 16.8 Å². The second-order valence-corrected chi connectivity index (χ2v) is 6.94. The third-order valence-corrected chi connectivity index (χ3v) is 4.91. The molecule has 100 valence electrons. The summed E-state index contributed by atoms with van der Waals surface area (Å²) in [7, 11) is 1.69. The van der Waals surface area contributed by atoms with Gasteiger partial charge < -0.3 is 10.1 Å². The van der Waals surface area contributed by atoms with Crippen LogP contribution in [0.25, 0.3) is 0 Å². The summed E-state index contributed by atoms with van der Waals surface area (Å²) in [5.74, 6) is 3.23. The van der Waals surface area contributed by atoms with Crippen LogP contribution < -0.4 is 10.1 Å². The number of rotatable bonds is 3. The van der Waals surface area contributed by atoms with Crippen molar-refractivity contribution >= 4 is 29.1 Å². The number of hydrogen-bond donors (Lipinski definition) is 1. The van der Waals surface area contributed by atoms with E-state index >= 15 is 0 Å². The number of ether oxygens (including phenoxy) is 1. The number of thioether (sulfide) groups is 1. The Morgan fingerprint density at radius 1 is 1.44 bits per heavy atom. The molecule has 1 aromatic rings. The van der Waals surface area contributed by atoms with Crippen molar-refractivity contribution in [1.82, 2.24) is 0 Å². The Hall–Kier alpha value is -0.540. The SMILES string of the molecule is COc1ccc(Cl)cc1NC1CSCCC1(C)C. The first-order valence-electron chi connectivity index (χ1n) is 6.21. The topological polar surface area (TPSA) is 21.3 Å². The molecule has 1 unspecified atom stereocenters. The van der Waals surface area contributed by atoms with Crippen molar-refractivity contribution in [3.63, 3.8) is 0 Å². The van der Waals surface area contributed by atoms with Gasteiger partial charge in [0.1, 0.15) is 5.75 Å². The van der Waals surface area contributed by atoms with Crippen LogP contribution in [0.15, 0.2) is 18.2 Å². The summed E-state index contributed by atoms with van der Waals surface area (Å²) >= 11 is 8.07. The van der Waals surface area contributed by atoms with Crippen molar-refractivity contribution in [3.8, 4) is 5.75 Å². The van der Waals surface area contributed by atoms with Crippen LogP contribution in [0.2, 0.25) is 5.02 Å². The Bertz CT molecular complexity index is 422. The van der Waals surface area contributed by atoms with Gasteiger partial charge in [0.15, 0.2) is 0 Å². The fourth-order valence-corrected chi connectivity index (χ4v) is 3.93. The third-order valence-electron chi connectivity index (χ3n) is 3.61. The van der Waals surface area contributed by atoms with Gasteiger partial charge in [-0.2, -0.15) is 11.8 Å². The quantitative estimate of drug-likeness (QED) is 0.895. The lowest BCUT2D eigenvalue weighted by atomic mass is 9.82. The molecule has 1 aromatic carbocycles. The Morgan fingerprint density at radius 2 is 2.22 bits per heavy atom.